The summed E-state index contributed by atoms with van der Waals surface area (Å²) in [5.74, 6) is 6.21. The zero-order chi connectivity index (χ0) is 21.5. The molecule has 0 spiro atoms. The Morgan fingerprint density at radius 2 is 2.00 bits per heavy atom. The summed E-state index contributed by atoms with van der Waals surface area (Å²) in [5, 5.41) is 11.0. The lowest BCUT2D eigenvalue weighted by atomic mass is 9.92. The van der Waals surface area contributed by atoms with Crippen LogP contribution in [-0.4, -0.2) is 43.1 Å². The van der Waals surface area contributed by atoms with Crippen molar-refractivity contribution in [3.63, 3.8) is 0 Å². The van der Waals surface area contributed by atoms with Crippen LogP contribution in [0.2, 0.25) is 5.15 Å². The van der Waals surface area contributed by atoms with Gasteiger partial charge in [-0.25, -0.2) is 19.3 Å². The van der Waals surface area contributed by atoms with Gasteiger partial charge in [0.15, 0.2) is 16.8 Å². The number of hydrogen-bond acceptors (Lipinski definition) is 7. The van der Waals surface area contributed by atoms with Crippen molar-refractivity contribution in [2.45, 2.75) is 25.4 Å². The molecule has 1 aliphatic carbocycles. The Kier molecular flexibility index (Phi) is 4.71. The van der Waals surface area contributed by atoms with Gasteiger partial charge in [0, 0.05) is 11.3 Å². The number of hydrogen-bond donors (Lipinski definition) is 1. The highest BCUT2D eigenvalue weighted by atomic mass is 35.5. The number of nitrogens with zero attached hydrogens (tertiary/aromatic N) is 6. The SMILES string of the molecule is Cc1ccc(NC(=O)[C@H]2C[C@@H]3C#C[C@@H]3N2c2ncc(Cl)nn2)cc1-c1ncc(F)cn1. The van der Waals surface area contributed by atoms with E-state index in [0.717, 1.165) is 18.0 Å². The number of aryl methyl sites for hydroxylation is 1. The highest BCUT2D eigenvalue weighted by Crippen LogP contribution is 2.36. The van der Waals surface area contributed by atoms with E-state index < -0.39 is 11.9 Å². The molecule has 8 nitrogen and oxygen atoms in total. The van der Waals surface area contributed by atoms with E-state index in [4.69, 9.17) is 11.6 Å². The van der Waals surface area contributed by atoms with Crippen LogP contribution in [0.25, 0.3) is 11.4 Å². The summed E-state index contributed by atoms with van der Waals surface area (Å²) in [5.41, 5.74) is 2.18. The quantitative estimate of drug-likeness (QED) is 0.629. The highest BCUT2D eigenvalue weighted by molar-refractivity contribution is 6.29. The maximum absolute atomic E-state index is 13.2. The fourth-order valence-electron chi connectivity index (χ4n) is 3.76. The molecule has 31 heavy (non-hydrogen) atoms. The van der Waals surface area contributed by atoms with Crippen LogP contribution in [0.1, 0.15) is 12.0 Å². The van der Waals surface area contributed by atoms with Gasteiger partial charge >= 0.3 is 0 Å². The van der Waals surface area contributed by atoms with Gasteiger partial charge in [0.2, 0.25) is 11.9 Å². The number of rotatable bonds is 4. The molecule has 0 saturated carbocycles. The first-order chi connectivity index (χ1) is 15.0. The number of carbonyl (C=O) groups excluding carboxylic acids is 1. The Balaban J connectivity index is 1.40. The number of nitrogens with one attached hydrogen (secondary N) is 1. The summed E-state index contributed by atoms with van der Waals surface area (Å²) in [6.07, 6.45) is 4.18. The van der Waals surface area contributed by atoms with Crippen LogP contribution in [0.3, 0.4) is 0 Å². The van der Waals surface area contributed by atoms with Crippen LogP contribution < -0.4 is 10.2 Å². The van der Waals surface area contributed by atoms with Crippen molar-refractivity contribution in [2.75, 3.05) is 10.2 Å². The summed E-state index contributed by atoms with van der Waals surface area (Å²) in [6.45, 7) is 1.90. The van der Waals surface area contributed by atoms with E-state index in [0.29, 0.717) is 29.4 Å². The lowest BCUT2D eigenvalue weighted by molar-refractivity contribution is -0.117. The predicted octanol–water partition coefficient (Wildman–Crippen LogP) is 2.65. The molecule has 0 radical (unpaired) electrons. The molecule has 154 valence electrons. The molecule has 1 aliphatic heterocycles. The van der Waals surface area contributed by atoms with Crippen molar-refractivity contribution in [3.8, 4) is 23.2 Å². The summed E-state index contributed by atoms with van der Waals surface area (Å²) >= 11 is 5.80. The Morgan fingerprint density at radius 3 is 2.68 bits per heavy atom. The van der Waals surface area contributed by atoms with Crippen LogP contribution in [0.5, 0.6) is 0 Å². The molecule has 1 fully saturated rings. The van der Waals surface area contributed by atoms with Gasteiger partial charge in [0.05, 0.1) is 24.5 Å². The van der Waals surface area contributed by atoms with Crippen molar-refractivity contribution >= 4 is 29.1 Å². The van der Waals surface area contributed by atoms with Crippen molar-refractivity contribution in [1.29, 1.82) is 0 Å². The van der Waals surface area contributed by atoms with Gasteiger partial charge in [-0.2, -0.15) is 0 Å². The molecule has 2 aliphatic rings. The largest absolute Gasteiger partial charge is 0.324 e. The van der Waals surface area contributed by atoms with Gasteiger partial charge < -0.3 is 10.2 Å². The van der Waals surface area contributed by atoms with E-state index in [1.165, 1.54) is 6.20 Å². The van der Waals surface area contributed by atoms with Crippen LogP contribution in [0.15, 0.2) is 36.8 Å². The third-order valence-corrected chi connectivity index (χ3v) is 5.51. The zero-order valence-electron chi connectivity index (χ0n) is 16.3. The Hall–Kier alpha value is -3.64. The molecule has 5 rings (SSSR count). The molecular formula is C21H15ClFN7O. The van der Waals surface area contributed by atoms with E-state index in [9.17, 15) is 9.18 Å². The molecule has 3 heterocycles. The van der Waals surface area contributed by atoms with E-state index in [2.05, 4.69) is 42.3 Å². The van der Waals surface area contributed by atoms with Gasteiger partial charge in [0.25, 0.3) is 0 Å². The number of amides is 1. The van der Waals surface area contributed by atoms with Gasteiger partial charge in [0.1, 0.15) is 12.1 Å². The fourth-order valence-corrected chi connectivity index (χ4v) is 3.85. The third kappa shape index (κ3) is 3.55. The number of benzene rings is 1. The summed E-state index contributed by atoms with van der Waals surface area (Å²) in [7, 11) is 0. The molecule has 1 amide bonds. The highest BCUT2D eigenvalue weighted by Gasteiger charge is 2.47. The van der Waals surface area contributed by atoms with Crippen molar-refractivity contribution in [1.82, 2.24) is 25.1 Å². The maximum Gasteiger partial charge on any atom is 0.247 e. The van der Waals surface area contributed by atoms with Crippen molar-refractivity contribution in [2.24, 2.45) is 5.92 Å². The molecule has 1 aromatic carbocycles. The summed E-state index contributed by atoms with van der Waals surface area (Å²) in [6, 6.07) is 4.77. The molecule has 1 saturated heterocycles. The lowest BCUT2D eigenvalue weighted by Gasteiger charge is -2.28. The molecule has 10 heteroatoms. The minimum Gasteiger partial charge on any atom is -0.324 e. The Bertz CT molecular complexity index is 1220. The van der Waals surface area contributed by atoms with Crippen LogP contribution in [0, 0.1) is 30.5 Å². The average molecular weight is 436 g/mol. The monoisotopic (exact) mass is 435 g/mol. The summed E-state index contributed by atoms with van der Waals surface area (Å²) in [4.78, 5) is 27.2. The van der Waals surface area contributed by atoms with Crippen molar-refractivity contribution < 1.29 is 9.18 Å². The first-order valence-electron chi connectivity index (χ1n) is 9.53. The Morgan fingerprint density at radius 1 is 1.19 bits per heavy atom. The lowest BCUT2D eigenvalue weighted by Crippen LogP contribution is -2.45. The fraction of sp³-hybridized carbons (Fsp3) is 0.238. The molecule has 2 aromatic heterocycles. The zero-order valence-corrected chi connectivity index (χ0v) is 17.0. The number of carbonyl (C=O) groups is 1. The topological polar surface area (TPSA) is 96.8 Å². The van der Waals surface area contributed by atoms with Crippen molar-refractivity contribution in [3.05, 3.63) is 53.3 Å². The average Bonchev–Trinajstić information content (AvgIpc) is 3.01. The second-order valence-electron chi connectivity index (χ2n) is 7.32. The first kappa shape index (κ1) is 19.3. The Labute approximate surface area is 181 Å². The normalized spacial score (nSPS) is 21.0. The second-order valence-corrected chi connectivity index (χ2v) is 7.71. The standard InChI is InChI=1S/C21H15ClFN7O/c1-11-2-4-14(7-15(11)19-24-8-13(23)9-25-19)27-20(31)17-6-12-3-5-16(12)30(17)21-26-10-18(22)28-29-21/h2,4,7-10,12,16-17H,6H2,1H3,(H,27,31)/t12-,16-,17+/m0/s1. The predicted molar refractivity (Wildman–Crippen MR) is 112 cm³/mol. The molecule has 0 bridgehead atoms. The molecule has 3 aromatic rings. The van der Waals surface area contributed by atoms with E-state index in [1.54, 1.807) is 17.0 Å². The minimum atomic E-state index is -0.521. The number of anilines is 2. The minimum absolute atomic E-state index is 0.0798. The molecular weight excluding hydrogens is 421 g/mol. The van der Waals surface area contributed by atoms with E-state index in [1.807, 2.05) is 13.0 Å². The number of fused-ring (bicyclic) bond motifs is 1. The van der Waals surface area contributed by atoms with Gasteiger partial charge in [-0.1, -0.05) is 29.5 Å². The van der Waals surface area contributed by atoms with Gasteiger partial charge in [-0.05, 0) is 31.0 Å². The van der Waals surface area contributed by atoms with Gasteiger partial charge in [-0.3, -0.25) is 4.79 Å². The molecule has 0 unspecified atom stereocenters. The van der Waals surface area contributed by atoms with E-state index >= 15 is 0 Å². The molecule has 3 atom stereocenters. The molecule has 1 N–H and O–H groups in total. The van der Waals surface area contributed by atoms with Crippen LogP contribution >= 0.6 is 11.6 Å². The van der Waals surface area contributed by atoms with E-state index in [-0.39, 0.29) is 23.0 Å². The van der Waals surface area contributed by atoms with Gasteiger partial charge in [-0.15, -0.1) is 10.2 Å². The summed E-state index contributed by atoms with van der Waals surface area (Å²) < 4.78 is 13.2. The third-order valence-electron chi connectivity index (χ3n) is 5.33. The van der Waals surface area contributed by atoms with Crippen LogP contribution in [0.4, 0.5) is 16.0 Å². The van der Waals surface area contributed by atoms with Crippen LogP contribution in [-0.2, 0) is 4.79 Å². The maximum atomic E-state index is 13.2. The second kappa shape index (κ2) is 7.56. The number of halogens is 2. The smallest absolute Gasteiger partial charge is 0.247 e. The first-order valence-corrected chi connectivity index (χ1v) is 9.91. The number of aromatic nitrogens is 5.